The minimum atomic E-state index is -0.515. The molecule has 1 aromatic heterocycles. The molecular weight excluding hydrogens is 440 g/mol. The van der Waals surface area contributed by atoms with Crippen LogP contribution in [0.1, 0.15) is 38.8 Å². The van der Waals surface area contributed by atoms with Crippen molar-refractivity contribution in [2.45, 2.75) is 6.04 Å². The van der Waals surface area contributed by atoms with Crippen LogP contribution < -0.4 is 5.32 Å². The van der Waals surface area contributed by atoms with Gasteiger partial charge in [0.05, 0.1) is 22.9 Å². The maximum atomic E-state index is 12.8. The average Bonchev–Trinajstić information content (AvgIpc) is 2.72. The molecule has 0 saturated heterocycles. The molecule has 28 heavy (non-hydrogen) atoms. The van der Waals surface area contributed by atoms with Crippen LogP contribution in [-0.4, -0.2) is 10.9 Å². The molecule has 1 unspecified atom stereocenters. The van der Waals surface area contributed by atoms with E-state index in [0.29, 0.717) is 10.7 Å². The lowest BCUT2D eigenvalue weighted by Gasteiger charge is -2.19. The molecule has 5 nitrogen and oxygen atoms in total. The smallest absolute Gasteiger partial charge is 0.252 e. The van der Waals surface area contributed by atoms with Crippen molar-refractivity contribution in [1.82, 2.24) is 10.3 Å². The molecule has 3 aromatic rings. The lowest BCUT2D eigenvalue weighted by atomic mass is 10.0. The zero-order valence-electron chi connectivity index (χ0n) is 14.4. The highest BCUT2D eigenvalue weighted by Crippen LogP contribution is 2.24. The molecule has 0 aliphatic heterocycles. The molecule has 0 aliphatic rings. The summed E-state index contributed by atoms with van der Waals surface area (Å²) in [5, 5.41) is 21.8. The van der Waals surface area contributed by atoms with Crippen molar-refractivity contribution in [2.24, 2.45) is 0 Å². The summed E-state index contributed by atoms with van der Waals surface area (Å²) < 4.78 is 0.822. The van der Waals surface area contributed by atoms with E-state index in [1.807, 2.05) is 36.4 Å². The molecule has 0 bridgehead atoms. The first-order valence-electron chi connectivity index (χ1n) is 8.14. The molecule has 0 spiro atoms. The van der Waals surface area contributed by atoms with Crippen LogP contribution in [0.3, 0.4) is 0 Å². The molecule has 1 heterocycles. The van der Waals surface area contributed by atoms with Gasteiger partial charge in [0.25, 0.3) is 5.91 Å². The van der Waals surface area contributed by atoms with E-state index >= 15 is 0 Å². The number of carbonyl (C=O) groups is 1. The Balaban J connectivity index is 1.96. The maximum Gasteiger partial charge on any atom is 0.252 e. The molecule has 2 aromatic carbocycles. The van der Waals surface area contributed by atoms with Crippen molar-refractivity contribution in [2.75, 3.05) is 0 Å². The molecule has 136 valence electrons. The molecule has 3 rings (SSSR count). The van der Waals surface area contributed by atoms with Gasteiger partial charge in [-0.25, -0.2) is 0 Å². The van der Waals surface area contributed by atoms with Crippen LogP contribution in [0, 0.1) is 22.7 Å². The number of nitrogens with zero attached hydrogens (tertiary/aromatic N) is 3. The lowest BCUT2D eigenvalue weighted by Crippen LogP contribution is -2.30. The fourth-order valence-corrected chi connectivity index (χ4v) is 2.99. The van der Waals surface area contributed by atoms with E-state index in [1.54, 1.807) is 18.3 Å². The predicted octanol–water partition coefficient (Wildman–Crippen LogP) is 4.76. The highest BCUT2D eigenvalue weighted by Gasteiger charge is 2.20. The first-order valence-corrected chi connectivity index (χ1v) is 9.31. The fraction of sp³-hybridized carbons (Fsp3) is 0.0476. The summed E-state index contributed by atoms with van der Waals surface area (Å²) in [7, 11) is 0. The quantitative estimate of drug-likeness (QED) is 0.619. The Morgan fingerprint density at radius 1 is 1.04 bits per heavy atom. The third-order valence-electron chi connectivity index (χ3n) is 4.05. The highest BCUT2D eigenvalue weighted by molar-refractivity contribution is 9.10. The van der Waals surface area contributed by atoms with Gasteiger partial charge in [-0.05, 0) is 64.0 Å². The zero-order chi connectivity index (χ0) is 20.1. The van der Waals surface area contributed by atoms with Crippen molar-refractivity contribution >= 4 is 33.4 Å². The van der Waals surface area contributed by atoms with Crippen LogP contribution in [0.15, 0.2) is 65.3 Å². The molecule has 1 N–H and O–H groups in total. The van der Waals surface area contributed by atoms with Gasteiger partial charge in [-0.1, -0.05) is 23.7 Å². The first kappa shape index (κ1) is 19.6. The van der Waals surface area contributed by atoms with Crippen LogP contribution in [0.5, 0.6) is 0 Å². The monoisotopic (exact) mass is 450 g/mol. The van der Waals surface area contributed by atoms with E-state index in [2.05, 4.69) is 26.2 Å². The number of benzene rings is 2. The number of carbonyl (C=O) groups excluding carboxylic acids is 1. The Bertz CT molecular complexity index is 1050. The highest BCUT2D eigenvalue weighted by atomic mass is 79.9. The Morgan fingerprint density at radius 3 is 2.36 bits per heavy atom. The van der Waals surface area contributed by atoms with E-state index in [9.17, 15) is 10.1 Å². The van der Waals surface area contributed by atoms with Crippen molar-refractivity contribution in [3.63, 3.8) is 0 Å². The van der Waals surface area contributed by atoms with Gasteiger partial charge in [0.1, 0.15) is 12.1 Å². The van der Waals surface area contributed by atoms with E-state index in [1.165, 1.54) is 18.2 Å². The van der Waals surface area contributed by atoms with Gasteiger partial charge in [-0.15, -0.1) is 0 Å². The minimum Gasteiger partial charge on any atom is -0.340 e. The minimum absolute atomic E-state index is 0.153. The first-order chi connectivity index (χ1) is 13.5. The van der Waals surface area contributed by atoms with E-state index in [4.69, 9.17) is 16.9 Å². The number of amides is 1. The van der Waals surface area contributed by atoms with Crippen LogP contribution in [0.2, 0.25) is 5.02 Å². The molecule has 1 amide bonds. The summed E-state index contributed by atoms with van der Waals surface area (Å²) in [5.41, 5.74) is 2.12. The number of aromatic nitrogens is 1. The number of hydrogen-bond donors (Lipinski definition) is 1. The summed E-state index contributed by atoms with van der Waals surface area (Å²) in [5.74, 6) is -0.384. The second-order valence-corrected chi connectivity index (χ2v) is 7.20. The summed E-state index contributed by atoms with van der Waals surface area (Å²) in [6.45, 7) is 0. The Morgan fingerprint density at radius 2 is 1.75 bits per heavy atom. The van der Waals surface area contributed by atoms with Crippen LogP contribution in [0.25, 0.3) is 0 Å². The number of rotatable bonds is 4. The summed E-state index contributed by atoms with van der Waals surface area (Å²) in [6, 6.07) is 18.5. The maximum absolute atomic E-state index is 12.8. The molecule has 1 atom stereocenters. The molecular formula is C21H12BrClN4O. The predicted molar refractivity (Wildman–Crippen MR) is 109 cm³/mol. The average molecular weight is 452 g/mol. The second kappa shape index (κ2) is 8.67. The van der Waals surface area contributed by atoms with Crippen molar-refractivity contribution < 1.29 is 4.79 Å². The molecule has 0 radical (unpaired) electrons. The van der Waals surface area contributed by atoms with Gasteiger partial charge in [-0.3, -0.25) is 9.78 Å². The summed E-state index contributed by atoms with van der Waals surface area (Å²) in [4.78, 5) is 17.2. The topological polar surface area (TPSA) is 89.6 Å². The van der Waals surface area contributed by atoms with Gasteiger partial charge in [0.2, 0.25) is 0 Å². The number of hydrogen-bond acceptors (Lipinski definition) is 4. The van der Waals surface area contributed by atoms with Gasteiger partial charge < -0.3 is 5.32 Å². The fourth-order valence-electron chi connectivity index (χ4n) is 2.63. The van der Waals surface area contributed by atoms with Gasteiger partial charge >= 0.3 is 0 Å². The van der Waals surface area contributed by atoms with Gasteiger partial charge in [-0.2, -0.15) is 10.5 Å². The number of halogens is 2. The van der Waals surface area contributed by atoms with E-state index in [-0.39, 0.29) is 22.6 Å². The Labute approximate surface area is 175 Å². The van der Waals surface area contributed by atoms with E-state index in [0.717, 1.165) is 10.0 Å². The third-order valence-corrected chi connectivity index (χ3v) is 4.77. The van der Waals surface area contributed by atoms with Crippen molar-refractivity contribution in [1.29, 1.82) is 10.5 Å². The Kier molecular flexibility index (Phi) is 6.06. The molecule has 7 heteroatoms. The molecule has 0 saturated carbocycles. The number of nitriles is 2. The van der Waals surface area contributed by atoms with E-state index < -0.39 is 6.04 Å². The molecule has 0 aliphatic carbocycles. The van der Waals surface area contributed by atoms with Gasteiger partial charge in [0, 0.05) is 21.3 Å². The van der Waals surface area contributed by atoms with Gasteiger partial charge in [0.15, 0.2) is 0 Å². The molecule has 0 fully saturated rings. The van der Waals surface area contributed by atoms with Crippen LogP contribution in [-0.2, 0) is 0 Å². The van der Waals surface area contributed by atoms with Crippen molar-refractivity contribution in [3.05, 3.63) is 98.2 Å². The normalized spacial score (nSPS) is 11.1. The lowest BCUT2D eigenvalue weighted by molar-refractivity contribution is 0.0942. The standard InChI is InChI=1S/C21H12BrClN4O/c22-17-5-8-19(26-12-17)20(13-3-6-18(23)7-4-13)27-21(28)14-1-2-15(10-24)16(9-14)11-25/h1-9,12,20H,(H,27,28). The summed E-state index contributed by atoms with van der Waals surface area (Å²) in [6.07, 6.45) is 1.65. The SMILES string of the molecule is N#Cc1ccc(C(=O)NC(c2ccc(Cl)cc2)c2ccc(Br)cn2)cc1C#N. The summed E-state index contributed by atoms with van der Waals surface area (Å²) >= 11 is 9.33. The van der Waals surface area contributed by atoms with Crippen LogP contribution >= 0.6 is 27.5 Å². The third kappa shape index (κ3) is 4.37. The largest absolute Gasteiger partial charge is 0.340 e. The zero-order valence-corrected chi connectivity index (χ0v) is 16.7. The number of pyridine rings is 1. The number of nitrogens with one attached hydrogen (secondary N) is 1. The second-order valence-electron chi connectivity index (χ2n) is 5.84. The van der Waals surface area contributed by atoms with Crippen LogP contribution in [0.4, 0.5) is 0 Å². The Hall–Kier alpha value is -3.19. The van der Waals surface area contributed by atoms with Crippen molar-refractivity contribution in [3.8, 4) is 12.1 Å².